The Morgan fingerprint density at radius 3 is 2.53 bits per heavy atom. The number of rotatable bonds is 7. The van der Waals surface area contributed by atoms with Crippen LogP contribution in [-0.2, 0) is 4.79 Å². The van der Waals surface area contributed by atoms with Crippen LogP contribution in [-0.4, -0.2) is 27.8 Å². The monoisotopic (exact) mass is 231 g/mol. The van der Waals surface area contributed by atoms with E-state index in [1.54, 1.807) is 26.8 Å². The maximum atomic E-state index is 11.8. The molecule has 0 saturated carbocycles. The van der Waals surface area contributed by atoms with Gasteiger partial charge in [-0.15, -0.1) is 18.3 Å². The van der Waals surface area contributed by atoms with E-state index in [0.29, 0.717) is 5.75 Å². The molecule has 0 saturated heterocycles. The van der Waals surface area contributed by atoms with Gasteiger partial charge < -0.3 is 0 Å². The first-order valence-corrected chi connectivity index (χ1v) is 5.73. The molecular formula is C10H17NO3S. The fourth-order valence-corrected chi connectivity index (χ4v) is 2.35. The summed E-state index contributed by atoms with van der Waals surface area (Å²) in [7, 11) is 0. The van der Waals surface area contributed by atoms with Gasteiger partial charge >= 0.3 is 0 Å². The third-order valence-corrected chi connectivity index (χ3v) is 3.37. The molecule has 86 valence electrons. The molecule has 0 aliphatic carbocycles. The van der Waals surface area contributed by atoms with Crippen LogP contribution in [0.5, 0.6) is 0 Å². The van der Waals surface area contributed by atoms with Gasteiger partial charge in [-0.1, -0.05) is 19.9 Å². The Kier molecular flexibility index (Phi) is 5.57. The van der Waals surface area contributed by atoms with Crippen molar-refractivity contribution in [2.45, 2.75) is 25.5 Å². The molecule has 0 spiro atoms. The second-order valence-corrected chi connectivity index (χ2v) is 5.36. The summed E-state index contributed by atoms with van der Waals surface area (Å²) in [6.45, 7) is 8.36. The first kappa shape index (κ1) is 14.2. The Morgan fingerprint density at radius 2 is 2.20 bits per heavy atom. The fourth-order valence-electron chi connectivity index (χ4n) is 1.29. The summed E-state index contributed by atoms with van der Waals surface area (Å²) >= 11 is 1.28. The normalized spacial score (nSPS) is 14.7. The van der Waals surface area contributed by atoms with Crippen molar-refractivity contribution in [2.24, 2.45) is 5.92 Å². The van der Waals surface area contributed by atoms with E-state index >= 15 is 0 Å². The molecular weight excluding hydrogens is 214 g/mol. The minimum atomic E-state index is -0.939. The summed E-state index contributed by atoms with van der Waals surface area (Å²) in [6.07, 6.45) is 1.65. The van der Waals surface area contributed by atoms with Gasteiger partial charge in [-0.2, -0.15) is 0 Å². The molecule has 0 bridgehead atoms. The van der Waals surface area contributed by atoms with Gasteiger partial charge in [0.1, 0.15) is 4.75 Å². The molecule has 0 fully saturated rings. The van der Waals surface area contributed by atoms with Gasteiger partial charge in [-0.3, -0.25) is 14.9 Å². The summed E-state index contributed by atoms with van der Waals surface area (Å²) < 4.78 is -0.939. The van der Waals surface area contributed by atoms with E-state index in [0.717, 1.165) is 0 Å². The highest BCUT2D eigenvalue weighted by atomic mass is 32.2. The summed E-state index contributed by atoms with van der Waals surface area (Å²) in [5.41, 5.74) is 0. The van der Waals surface area contributed by atoms with E-state index in [1.165, 1.54) is 11.8 Å². The van der Waals surface area contributed by atoms with Crippen LogP contribution in [0.1, 0.15) is 20.8 Å². The molecule has 0 radical (unpaired) electrons. The molecule has 1 atom stereocenters. The average Bonchev–Trinajstić information content (AvgIpc) is 2.12. The lowest BCUT2D eigenvalue weighted by Crippen LogP contribution is -2.41. The molecule has 0 aromatic carbocycles. The van der Waals surface area contributed by atoms with Crippen LogP contribution in [0.15, 0.2) is 12.7 Å². The molecule has 0 aliphatic rings. The summed E-state index contributed by atoms with van der Waals surface area (Å²) in [5.74, 6) is 0.279. The molecule has 0 heterocycles. The van der Waals surface area contributed by atoms with Crippen molar-refractivity contribution in [3.8, 4) is 0 Å². The molecule has 4 nitrogen and oxygen atoms in total. The Labute approximate surface area is 94.3 Å². The molecule has 0 N–H and O–H groups in total. The van der Waals surface area contributed by atoms with Crippen molar-refractivity contribution in [2.75, 3.05) is 12.3 Å². The first-order valence-electron chi connectivity index (χ1n) is 4.74. The SMILES string of the molecule is C=CCSC(C)(C[N+](=O)[O-])C(=O)C(C)C. The topological polar surface area (TPSA) is 60.2 Å². The maximum absolute atomic E-state index is 11.8. The predicted molar refractivity (Wildman–Crippen MR) is 62.8 cm³/mol. The zero-order valence-electron chi connectivity index (χ0n) is 9.36. The van der Waals surface area contributed by atoms with Gasteiger partial charge in [0, 0.05) is 16.6 Å². The van der Waals surface area contributed by atoms with Crippen molar-refractivity contribution >= 4 is 17.5 Å². The van der Waals surface area contributed by atoms with E-state index in [9.17, 15) is 14.9 Å². The number of nitrogens with zero attached hydrogens (tertiary/aromatic N) is 1. The number of thioether (sulfide) groups is 1. The molecule has 15 heavy (non-hydrogen) atoms. The molecule has 1 unspecified atom stereocenters. The first-order chi connectivity index (χ1) is 6.83. The van der Waals surface area contributed by atoms with E-state index in [2.05, 4.69) is 6.58 Å². The van der Waals surface area contributed by atoms with Crippen molar-refractivity contribution in [3.63, 3.8) is 0 Å². The summed E-state index contributed by atoms with van der Waals surface area (Å²) in [5, 5.41) is 10.5. The molecule has 5 heteroatoms. The largest absolute Gasteiger partial charge is 0.298 e. The Hall–Kier alpha value is -0.840. The molecule has 0 aromatic rings. The fraction of sp³-hybridized carbons (Fsp3) is 0.700. The van der Waals surface area contributed by atoms with Crippen molar-refractivity contribution in [1.29, 1.82) is 0 Å². The van der Waals surface area contributed by atoms with E-state index < -0.39 is 9.67 Å². The van der Waals surface area contributed by atoms with Crippen molar-refractivity contribution in [3.05, 3.63) is 22.8 Å². The second kappa shape index (κ2) is 5.90. The van der Waals surface area contributed by atoms with E-state index in [1.807, 2.05) is 0 Å². The second-order valence-electron chi connectivity index (χ2n) is 3.84. The molecule has 0 aromatic heterocycles. The number of Topliss-reactive ketones (excluding diaryl/α,β-unsaturated/α-hetero) is 1. The number of hydrogen-bond donors (Lipinski definition) is 0. The summed E-state index contributed by atoms with van der Waals surface area (Å²) in [4.78, 5) is 21.9. The molecule has 0 aliphatic heterocycles. The van der Waals surface area contributed by atoms with Crippen molar-refractivity contribution < 1.29 is 9.72 Å². The number of ketones is 1. The lowest BCUT2D eigenvalue weighted by Gasteiger charge is -2.24. The van der Waals surface area contributed by atoms with Gasteiger partial charge in [0.2, 0.25) is 6.54 Å². The van der Waals surface area contributed by atoms with Crippen LogP contribution in [0.25, 0.3) is 0 Å². The number of carbonyl (C=O) groups is 1. The Morgan fingerprint density at radius 1 is 1.67 bits per heavy atom. The zero-order chi connectivity index (χ0) is 12.1. The van der Waals surface area contributed by atoms with Crippen LogP contribution in [0.4, 0.5) is 0 Å². The minimum Gasteiger partial charge on any atom is -0.298 e. The van der Waals surface area contributed by atoms with E-state index in [-0.39, 0.29) is 18.2 Å². The molecule has 0 amide bonds. The third-order valence-electron chi connectivity index (χ3n) is 2.00. The minimum absolute atomic E-state index is 0.0777. The highest BCUT2D eigenvalue weighted by Gasteiger charge is 2.39. The third kappa shape index (κ3) is 4.46. The Balaban J connectivity index is 4.74. The predicted octanol–water partition coefficient (Wildman–Crippen LogP) is 2.17. The number of hydrogen-bond acceptors (Lipinski definition) is 4. The smallest absolute Gasteiger partial charge is 0.225 e. The highest BCUT2D eigenvalue weighted by Crippen LogP contribution is 2.29. The van der Waals surface area contributed by atoms with Crippen LogP contribution in [0.3, 0.4) is 0 Å². The average molecular weight is 231 g/mol. The van der Waals surface area contributed by atoms with Crippen LogP contribution in [0.2, 0.25) is 0 Å². The number of carbonyl (C=O) groups excluding carboxylic acids is 1. The van der Waals surface area contributed by atoms with Gasteiger partial charge in [0.15, 0.2) is 5.78 Å². The Bertz CT molecular complexity index is 265. The highest BCUT2D eigenvalue weighted by molar-refractivity contribution is 8.01. The molecule has 0 rings (SSSR count). The van der Waals surface area contributed by atoms with E-state index in [4.69, 9.17) is 0 Å². The van der Waals surface area contributed by atoms with Crippen LogP contribution in [0, 0.1) is 16.0 Å². The van der Waals surface area contributed by atoms with Crippen molar-refractivity contribution in [1.82, 2.24) is 0 Å². The lowest BCUT2D eigenvalue weighted by atomic mass is 9.96. The van der Waals surface area contributed by atoms with Gasteiger partial charge in [0.05, 0.1) is 0 Å². The number of nitro groups is 1. The van der Waals surface area contributed by atoms with Gasteiger partial charge in [-0.05, 0) is 6.92 Å². The summed E-state index contributed by atoms with van der Waals surface area (Å²) in [6, 6.07) is 0. The zero-order valence-corrected chi connectivity index (χ0v) is 10.2. The maximum Gasteiger partial charge on any atom is 0.225 e. The van der Waals surface area contributed by atoms with Crippen LogP contribution < -0.4 is 0 Å². The van der Waals surface area contributed by atoms with Crippen LogP contribution >= 0.6 is 11.8 Å². The lowest BCUT2D eigenvalue weighted by molar-refractivity contribution is -0.482. The standard InChI is InChI=1S/C10H17NO3S/c1-5-6-15-10(4,7-11(13)14)9(12)8(2)3/h5,8H,1,6-7H2,2-4H3. The van der Waals surface area contributed by atoms with Gasteiger partial charge in [0.25, 0.3) is 0 Å². The van der Waals surface area contributed by atoms with Gasteiger partial charge in [-0.25, -0.2) is 0 Å². The quantitative estimate of drug-likeness (QED) is 0.383.